The summed E-state index contributed by atoms with van der Waals surface area (Å²) in [6, 6.07) is 4.94. The van der Waals surface area contributed by atoms with Crippen molar-refractivity contribution < 1.29 is 18.6 Å². The van der Waals surface area contributed by atoms with E-state index in [-0.39, 0.29) is 17.8 Å². The number of hydrogen-bond acceptors (Lipinski definition) is 3. The lowest BCUT2D eigenvalue weighted by Gasteiger charge is -2.29. The van der Waals surface area contributed by atoms with Crippen LogP contribution in [0.4, 0.5) is 8.78 Å². The van der Waals surface area contributed by atoms with E-state index in [0.717, 1.165) is 17.3 Å². The molecule has 0 unspecified atom stereocenters. The van der Waals surface area contributed by atoms with Crippen LogP contribution in [0.1, 0.15) is 32.3 Å². The van der Waals surface area contributed by atoms with E-state index in [2.05, 4.69) is 26.0 Å². The zero-order chi connectivity index (χ0) is 15.9. The van der Waals surface area contributed by atoms with Crippen molar-refractivity contribution in [3.63, 3.8) is 0 Å². The van der Waals surface area contributed by atoms with E-state index >= 15 is 0 Å². The topological polar surface area (TPSA) is 41.5 Å². The Hall–Kier alpha value is -0.720. The molecule has 0 aromatic heterocycles. The van der Waals surface area contributed by atoms with Gasteiger partial charge < -0.3 is 15.2 Å². The Balaban J connectivity index is 2.72. The van der Waals surface area contributed by atoms with Gasteiger partial charge in [-0.3, -0.25) is 0 Å². The largest absolute Gasteiger partial charge is 0.434 e. The minimum Gasteiger partial charge on any atom is -0.434 e. The molecule has 0 saturated carbocycles. The van der Waals surface area contributed by atoms with E-state index < -0.39 is 6.61 Å². The van der Waals surface area contributed by atoms with Gasteiger partial charge in [-0.2, -0.15) is 8.78 Å². The lowest BCUT2D eigenvalue weighted by molar-refractivity contribution is -0.0505. The van der Waals surface area contributed by atoms with Crippen molar-refractivity contribution in [3.8, 4) is 5.75 Å². The zero-order valence-electron chi connectivity index (χ0n) is 12.3. The first-order valence-corrected chi connectivity index (χ1v) is 7.80. The van der Waals surface area contributed by atoms with Crippen LogP contribution in [-0.2, 0) is 6.54 Å². The highest BCUT2D eigenvalue weighted by Crippen LogP contribution is 2.27. The zero-order valence-corrected chi connectivity index (χ0v) is 13.9. The Morgan fingerprint density at radius 2 is 2.00 bits per heavy atom. The molecule has 0 aliphatic rings. The summed E-state index contributed by atoms with van der Waals surface area (Å²) in [5, 5.41) is 12.8. The number of hydrogen-bond donors (Lipinski definition) is 2. The molecule has 0 fully saturated rings. The Morgan fingerprint density at radius 3 is 2.52 bits per heavy atom. The normalized spacial score (nSPS) is 12.0. The Labute approximate surface area is 132 Å². The van der Waals surface area contributed by atoms with Crippen LogP contribution < -0.4 is 10.1 Å². The van der Waals surface area contributed by atoms with Gasteiger partial charge in [-0.25, -0.2) is 0 Å². The van der Waals surface area contributed by atoms with Crippen molar-refractivity contribution in [2.24, 2.45) is 5.41 Å². The molecule has 120 valence electrons. The first kappa shape index (κ1) is 18.3. The molecule has 21 heavy (non-hydrogen) atoms. The Kier molecular flexibility index (Phi) is 7.56. The van der Waals surface area contributed by atoms with Crippen LogP contribution in [0.25, 0.3) is 0 Å². The van der Waals surface area contributed by atoms with Gasteiger partial charge in [0.25, 0.3) is 0 Å². The van der Waals surface area contributed by atoms with E-state index in [0.29, 0.717) is 18.7 Å². The molecule has 2 N–H and O–H groups in total. The molecule has 3 nitrogen and oxygen atoms in total. The number of benzene rings is 1. The number of halogens is 3. The van der Waals surface area contributed by atoms with Crippen molar-refractivity contribution in [1.82, 2.24) is 5.32 Å². The lowest BCUT2D eigenvalue weighted by atomic mass is 9.83. The number of aliphatic hydroxyl groups is 1. The number of ether oxygens (including phenoxy) is 1. The fraction of sp³-hybridized carbons (Fsp3) is 0.600. The van der Waals surface area contributed by atoms with E-state index in [9.17, 15) is 13.9 Å². The van der Waals surface area contributed by atoms with Crippen molar-refractivity contribution in [2.75, 3.05) is 13.2 Å². The minimum atomic E-state index is -2.84. The van der Waals surface area contributed by atoms with Gasteiger partial charge in [0.1, 0.15) is 5.75 Å². The maximum Gasteiger partial charge on any atom is 0.387 e. The molecule has 0 aliphatic carbocycles. The lowest BCUT2D eigenvalue weighted by Crippen LogP contribution is -2.36. The smallest absolute Gasteiger partial charge is 0.387 e. The number of rotatable bonds is 9. The predicted octanol–water partition coefficient (Wildman–Crippen LogP) is 3.94. The van der Waals surface area contributed by atoms with Gasteiger partial charge in [-0.05, 0) is 31.0 Å². The second-order valence-electron chi connectivity index (χ2n) is 5.10. The van der Waals surface area contributed by atoms with Crippen LogP contribution in [0.3, 0.4) is 0 Å². The third kappa shape index (κ3) is 5.52. The summed E-state index contributed by atoms with van der Waals surface area (Å²) in [7, 11) is 0. The fourth-order valence-electron chi connectivity index (χ4n) is 2.14. The van der Waals surface area contributed by atoms with E-state index in [1.165, 1.54) is 6.07 Å². The summed E-state index contributed by atoms with van der Waals surface area (Å²) < 4.78 is 30.1. The minimum absolute atomic E-state index is 0.103. The molecule has 0 heterocycles. The summed E-state index contributed by atoms with van der Waals surface area (Å²) in [6.07, 6.45) is 1.71. The van der Waals surface area contributed by atoms with Crippen LogP contribution in [0.2, 0.25) is 0 Å². The average Bonchev–Trinajstić information content (AvgIpc) is 2.46. The van der Waals surface area contributed by atoms with Crippen molar-refractivity contribution in [1.29, 1.82) is 0 Å². The third-order valence-corrected chi connectivity index (χ3v) is 4.38. The van der Waals surface area contributed by atoms with Crippen LogP contribution in [0.15, 0.2) is 22.7 Å². The van der Waals surface area contributed by atoms with Crippen LogP contribution >= 0.6 is 15.9 Å². The molecule has 1 aromatic carbocycles. The monoisotopic (exact) mass is 365 g/mol. The summed E-state index contributed by atoms with van der Waals surface area (Å²) in [4.78, 5) is 0. The van der Waals surface area contributed by atoms with Gasteiger partial charge in [0.2, 0.25) is 0 Å². The highest BCUT2D eigenvalue weighted by molar-refractivity contribution is 9.10. The standard InChI is InChI=1S/C15H22BrF2NO2/c1-3-15(4-2,10-20)9-19-8-11-7-12(16)5-6-13(11)21-14(17)18/h5-7,14,19-20H,3-4,8-10H2,1-2H3. The quantitative estimate of drug-likeness (QED) is 0.696. The summed E-state index contributed by atoms with van der Waals surface area (Å²) >= 11 is 3.32. The number of alkyl halides is 2. The average molecular weight is 366 g/mol. The van der Waals surface area contributed by atoms with Gasteiger partial charge in [0.05, 0.1) is 0 Å². The molecular formula is C15H22BrF2NO2. The second kappa shape index (κ2) is 8.66. The van der Waals surface area contributed by atoms with Crippen molar-refractivity contribution in [3.05, 3.63) is 28.2 Å². The van der Waals surface area contributed by atoms with Crippen LogP contribution in [-0.4, -0.2) is 24.9 Å². The first-order chi connectivity index (χ1) is 9.96. The van der Waals surface area contributed by atoms with Gasteiger partial charge >= 0.3 is 6.61 Å². The molecule has 0 saturated heterocycles. The number of aliphatic hydroxyl groups excluding tert-OH is 1. The van der Waals surface area contributed by atoms with Gasteiger partial charge in [0.15, 0.2) is 0 Å². The number of nitrogens with one attached hydrogen (secondary N) is 1. The molecule has 1 rings (SSSR count). The van der Waals surface area contributed by atoms with Crippen molar-refractivity contribution in [2.45, 2.75) is 39.8 Å². The Bertz CT molecular complexity index is 431. The third-order valence-electron chi connectivity index (χ3n) is 3.89. The van der Waals surface area contributed by atoms with Crippen LogP contribution in [0, 0.1) is 5.41 Å². The molecule has 0 bridgehead atoms. The summed E-state index contributed by atoms with van der Waals surface area (Å²) in [6.45, 7) is 2.36. The molecule has 1 aromatic rings. The highest BCUT2D eigenvalue weighted by atomic mass is 79.9. The van der Waals surface area contributed by atoms with E-state index in [4.69, 9.17) is 0 Å². The van der Waals surface area contributed by atoms with E-state index in [1.807, 2.05) is 13.8 Å². The SMILES string of the molecule is CCC(CC)(CO)CNCc1cc(Br)ccc1OC(F)F. The van der Waals surface area contributed by atoms with Gasteiger partial charge in [0, 0.05) is 35.1 Å². The summed E-state index contributed by atoms with van der Waals surface area (Å²) in [5.41, 5.74) is 0.485. The molecule has 6 heteroatoms. The first-order valence-electron chi connectivity index (χ1n) is 7.01. The van der Waals surface area contributed by atoms with Gasteiger partial charge in [-0.1, -0.05) is 29.8 Å². The maximum absolute atomic E-state index is 12.4. The van der Waals surface area contributed by atoms with E-state index in [1.54, 1.807) is 12.1 Å². The molecule has 0 aliphatic heterocycles. The molecular weight excluding hydrogens is 344 g/mol. The van der Waals surface area contributed by atoms with Crippen LogP contribution in [0.5, 0.6) is 5.75 Å². The molecule has 0 spiro atoms. The predicted molar refractivity (Wildman–Crippen MR) is 82.6 cm³/mol. The maximum atomic E-state index is 12.4. The highest BCUT2D eigenvalue weighted by Gasteiger charge is 2.24. The van der Waals surface area contributed by atoms with Gasteiger partial charge in [-0.15, -0.1) is 0 Å². The summed E-state index contributed by atoms with van der Waals surface area (Å²) in [5.74, 6) is 0.170. The molecule has 0 radical (unpaired) electrons. The fourth-order valence-corrected chi connectivity index (χ4v) is 2.55. The second-order valence-corrected chi connectivity index (χ2v) is 6.01. The molecule has 0 atom stereocenters. The Morgan fingerprint density at radius 1 is 1.33 bits per heavy atom. The molecule has 0 amide bonds. The van der Waals surface area contributed by atoms with Crippen molar-refractivity contribution >= 4 is 15.9 Å².